The lowest BCUT2D eigenvalue weighted by molar-refractivity contribution is 0.102. The van der Waals surface area contributed by atoms with Crippen molar-refractivity contribution >= 4 is 11.6 Å². The zero-order valence-corrected chi connectivity index (χ0v) is 11.6. The first kappa shape index (κ1) is 13.6. The van der Waals surface area contributed by atoms with E-state index >= 15 is 0 Å². The summed E-state index contributed by atoms with van der Waals surface area (Å²) >= 11 is 0. The summed E-state index contributed by atoms with van der Waals surface area (Å²) in [6, 6.07) is 6.55. The van der Waals surface area contributed by atoms with Gasteiger partial charge < -0.3 is 15.7 Å². The van der Waals surface area contributed by atoms with Gasteiger partial charge in [-0.05, 0) is 50.2 Å². The van der Waals surface area contributed by atoms with Crippen molar-refractivity contribution in [3.8, 4) is 5.75 Å². The number of carbonyl (C=O) groups is 1. The topological polar surface area (TPSA) is 79.2 Å². The van der Waals surface area contributed by atoms with Crippen LogP contribution < -0.4 is 10.6 Å². The van der Waals surface area contributed by atoms with Crippen molar-refractivity contribution in [1.82, 2.24) is 15.1 Å². The summed E-state index contributed by atoms with van der Waals surface area (Å²) in [6.07, 6.45) is 5.63. The van der Waals surface area contributed by atoms with Gasteiger partial charge in [0, 0.05) is 11.8 Å². The first-order valence-electron chi connectivity index (χ1n) is 7.07. The predicted octanol–water partition coefficient (Wildman–Crippen LogP) is 1.77. The minimum absolute atomic E-state index is 0.144. The molecular weight excluding hydrogens is 268 g/mol. The van der Waals surface area contributed by atoms with Crippen molar-refractivity contribution in [3.63, 3.8) is 0 Å². The molecule has 110 valence electrons. The summed E-state index contributed by atoms with van der Waals surface area (Å²) in [4.78, 5) is 12.1. The number of amides is 1. The average molecular weight is 286 g/mol. The molecule has 0 radical (unpaired) electrons. The number of rotatable bonds is 3. The number of carbonyl (C=O) groups excluding carboxylic acids is 1. The van der Waals surface area contributed by atoms with Gasteiger partial charge in [0.1, 0.15) is 5.75 Å². The molecule has 1 aliphatic rings. The van der Waals surface area contributed by atoms with E-state index < -0.39 is 0 Å². The first-order chi connectivity index (χ1) is 10.2. The fourth-order valence-electron chi connectivity index (χ4n) is 2.49. The zero-order valence-electron chi connectivity index (χ0n) is 11.6. The second-order valence-electron chi connectivity index (χ2n) is 5.19. The number of aromatic nitrogens is 2. The summed E-state index contributed by atoms with van der Waals surface area (Å²) in [7, 11) is 0. The van der Waals surface area contributed by atoms with Crippen LogP contribution in [0.5, 0.6) is 5.75 Å². The third-order valence-corrected chi connectivity index (χ3v) is 3.67. The van der Waals surface area contributed by atoms with Gasteiger partial charge in [-0.1, -0.05) is 0 Å². The molecule has 3 rings (SSSR count). The standard InChI is InChI=1S/C15H18N4O2/c20-14-3-1-11(2-4-14)15(21)18-12-9-17-19(10-12)13-5-7-16-8-6-13/h1-4,9-10,13,16,20H,5-8H2,(H,18,21). The maximum atomic E-state index is 12.1. The summed E-state index contributed by atoms with van der Waals surface area (Å²) in [5.74, 6) is -0.0647. The van der Waals surface area contributed by atoms with E-state index in [4.69, 9.17) is 0 Å². The molecule has 1 fully saturated rings. The van der Waals surface area contributed by atoms with Crippen molar-refractivity contribution in [2.45, 2.75) is 18.9 Å². The fraction of sp³-hybridized carbons (Fsp3) is 0.333. The summed E-state index contributed by atoms with van der Waals surface area (Å²) in [6.45, 7) is 2.00. The molecule has 0 unspecified atom stereocenters. The largest absolute Gasteiger partial charge is 0.508 e. The Labute approximate surface area is 122 Å². The van der Waals surface area contributed by atoms with Crippen LogP contribution in [-0.4, -0.2) is 33.9 Å². The van der Waals surface area contributed by atoms with Crippen LogP contribution in [0.3, 0.4) is 0 Å². The summed E-state index contributed by atoms with van der Waals surface area (Å²) < 4.78 is 1.92. The van der Waals surface area contributed by atoms with Crippen LogP contribution >= 0.6 is 0 Å². The van der Waals surface area contributed by atoms with Gasteiger partial charge in [0.05, 0.1) is 17.9 Å². The highest BCUT2D eigenvalue weighted by Gasteiger charge is 2.16. The van der Waals surface area contributed by atoms with Crippen LogP contribution in [0.15, 0.2) is 36.7 Å². The van der Waals surface area contributed by atoms with Gasteiger partial charge in [0.2, 0.25) is 0 Å². The highest BCUT2D eigenvalue weighted by molar-refractivity contribution is 6.04. The number of phenolic OH excluding ortho intramolecular Hbond substituents is 1. The van der Waals surface area contributed by atoms with Crippen LogP contribution in [0.4, 0.5) is 5.69 Å². The van der Waals surface area contributed by atoms with E-state index in [-0.39, 0.29) is 11.7 Å². The minimum atomic E-state index is -0.208. The average Bonchev–Trinajstić information content (AvgIpc) is 2.97. The number of benzene rings is 1. The van der Waals surface area contributed by atoms with Gasteiger partial charge in [0.25, 0.3) is 5.91 Å². The van der Waals surface area contributed by atoms with Gasteiger partial charge >= 0.3 is 0 Å². The molecular formula is C15H18N4O2. The lowest BCUT2D eigenvalue weighted by atomic mass is 10.1. The van der Waals surface area contributed by atoms with Crippen LogP contribution in [0, 0.1) is 0 Å². The number of hydrogen-bond acceptors (Lipinski definition) is 4. The molecule has 6 heteroatoms. The van der Waals surface area contributed by atoms with E-state index in [1.54, 1.807) is 18.3 Å². The zero-order chi connectivity index (χ0) is 14.7. The molecule has 3 N–H and O–H groups in total. The Morgan fingerprint density at radius 1 is 1.29 bits per heavy atom. The van der Waals surface area contributed by atoms with Gasteiger partial charge in [-0.25, -0.2) is 0 Å². The number of phenols is 1. The Balaban J connectivity index is 1.66. The third kappa shape index (κ3) is 3.22. The number of anilines is 1. The van der Waals surface area contributed by atoms with Crippen molar-refractivity contribution in [2.75, 3.05) is 18.4 Å². The van der Waals surface area contributed by atoms with Gasteiger partial charge in [-0.15, -0.1) is 0 Å². The molecule has 1 aliphatic heterocycles. The number of nitrogens with zero attached hydrogens (tertiary/aromatic N) is 2. The maximum absolute atomic E-state index is 12.1. The molecule has 0 saturated carbocycles. The quantitative estimate of drug-likeness (QED) is 0.803. The summed E-state index contributed by atoms with van der Waals surface area (Å²) in [5.41, 5.74) is 1.19. The molecule has 0 spiro atoms. The van der Waals surface area contributed by atoms with Gasteiger partial charge in [-0.2, -0.15) is 5.10 Å². The molecule has 1 aromatic heterocycles. The highest BCUT2D eigenvalue weighted by atomic mass is 16.3. The lowest BCUT2D eigenvalue weighted by Crippen LogP contribution is -2.29. The van der Waals surface area contributed by atoms with E-state index in [1.165, 1.54) is 12.1 Å². The minimum Gasteiger partial charge on any atom is -0.508 e. The van der Waals surface area contributed by atoms with E-state index in [0.29, 0.717) is 17.3 Å². The van der Waals surface area contributed by atoms with E-state index in [9.17, 15) is 9.90 Å². The number of piperidine rings is 1. The van der Waals surface area contributed by atoms with Crippen LogP contribution in [-0.2, 0) is 0 Å². The number of hydrogen-bond donors (Lipinski definition) is 3. The molecule has 0 bridgehead atoms. The maximum Gasteiger partial charge on any atom is 0.255 e. The molecule has 1 amide bonds. The molecule has 1 saturated heterocycles. The highest BCUT2D eigenvalue weighted by Crippen LogP contribution is 2.20. The molecule has 0 aliphatic carbocycles. The van der Waals surface area contributed by atoms with Crippen molar-refractivity contribution in [2.24, 2.45) is 0 Å². The Morgan fingerprint density at radius 2 is 2.00 bits per heavy atom. The SMILES string of the molecule is O=C(Nc1cnn(C2CCNCC2)c1)c1ccc(O)cc1. The second-order valence-corrected chi connectivity index (χ2v) is 5.19. The van der Waals surface area contributed by atoms with Crippen LogP contribution in [0.2, 0.25) is 0 Å². The fourth-order valence-corrected chi connectivity index (χ4v) is 2.49. The van der Waals surface area contributed by atoms with Crippen LogP contribution in [0.1, 0.15) is 29.2 Å². The van der Waals surface area contributed by atoms with Crippen LogP contribution in [0.25, 0.3) is 0 Å². The first-order valence-corrected chi connectivity index (χ1v) is 7.07. The monoisotopic (exact) mass is 286 g/mol. The van der Waals surface area contributed by atoms with Gasteiger partial charge in [-0.3, -0.25) is 9.48 Å². The van der Waals surface area contributed by atoms with E-state index in [2.05, 4.69) is 15.7 Å². The molecule has 0 atom stereocenters. The predicted molar refractivity (Wildman–Crippen MR) is 79.4 cm³/mol. The Kier molecular flexibility index (Phi) is 3.87. The normalized spacial score (nSPS) is 15.8. The van der Waals surface area contributed by atoms with Gasteiger partial charge in [0.15, 0.2) is 0 Å². The molecule has 21 heavy (non-hydrogen) atoms. The van der Waals surface area contributed by atoms with Crippen molar-refractivity contribution in [3.05, 3.63) is 42.2 Å². The number of aromatic hydroxyl groups is 1. The lowest BCUT2D eigenvalue weighted by Gasteiger charge is -2.22. The van der Waals surface area contributed by atoms with Crippen molar-refractivity contribution in [1.29, 1.82) is 0 Å². The molecule has 2 aromatic rings. The Morgan fingerprint density at radius 3 is 2.71 bits per heavy atom. The van der Waals surface area contributed by atoms with E-state index in [1.807, 2.05) is 10.9 Å². The van der Waals surface area contributed by atoms with Crippen molar-refractivity contribution < 1.29 is 9.90 Å². The molecule has 6 nitrogen and oxygen atoms in total. The second kappa shape index (κ2) is 5.97. The Hall–Kier alpha value is -2.34. The Bertz CT molecular complexity index is 615. The third-order valence-electron chi connectivity index (χ3n) is 3.67. The number of nitrogens with one attached hydrogen (secondary N) is 2. The summed E-state index contributed by atoms with van der Waals surface area (Å²) in [5, 5.41) is 19.7. The molecule has 1 aromatic carbocycles. The smallest absolute Gasteiger partial charge is 0.255 e. The molecule has 2 heterocycles. The van der Waals surface area contributed by atoms with E-state index in [0.717, 1.165) is 25.9 Å².